The minimum atomic E-state index is -4.62. The van der Waals surface area contributed by atoms with E-state index >= 15 is 0 Å². The Morgan fingerprint density at radius 2 is 1.02 bits per heavy atom. The summed E-state index contributed by atoms with van der Waals surface area (Å²) >= 11 is 0. The van der Waals surface area contributed by atoms with Crippen LogP contribution in [0.15, 0.2) is 36.5 Å². The van der Waals surface area contributed by atoms with E-state index in [9.17, 15) is 24.2 Å². The van der Waals surface area contributed by atoms with E-state index < -0.39 is 51.8 Å². The molecule has 3 atom stereocenters. The number of carbonyl (C=O) groups is 2. The van der Waals surface area contributed by atoms with Crippen LogP contribution in [0.3, 0.4) is 0 Å². The molecule has 0 aromatic heterocycles. The first kappa shape index (κ1) is 49.2. The number of hydrogen-bond donors (Lipinski definition) is 3. The van der Waals surface area contributed by atoms with Crippen LogP contribution in [0.2, 0.25) is 0 Å². The van der Waals surface area contributed by atoms with E-state index in [4.69, 9.17) is 19.1 Å². The zero-order valence-electron chi connectivity index (χ0n) is 32.1. The molecule has 0 aromatic rings. The van der Waals surface area contributed by atoms with Gasteiger partial charge in [-0.1, -0.05) is 140 Å². The van der Waals surface area contributed by atoms with E-state index in [0.717, 1.165) is 51.4 Å². The molecule has 11 heteroatoms. The van der Waals surface area contributed by atoms with Crippen LogP contribution in [-0.2, 0) is 32.7 Å². The highest BCUT2D eigenvalue weighted by molar-refractivity contribution is 7.47. The Labute approximate surface area is 310 Å². The first-order valence-corrected chi connectivity index (χ1v) is 21.4. The molecule has 0 rings (SSSR count). The largest absolute Gasteiger partial charge is 0.472 e. The molecule has 10 nitrogen and oxygen atoms in total. The molecule has 0 aliphatic rings. The Balaban J connectivity index is 4.42. The van der Waals surface area contributed by atoms with Gasteiger partial charge in [-0.3, -0.25) is 18.6 Å². The third kappa shape index (κ3) is 36.3. The van der Waals surface area contributed by atoms with Gasteiger partial charge in [-0.25, -0.2) is 4.57 Å². The third-order valence-electron chi connectivity index (χ3n) is 8.30. The number of phosphoric ester groups is 1. The fourth-order valence-corrected chi connectivity index (χ4v) is 5.96. The van der Waals surface area contributed by atoms with E-state index in [2.05, 4.69) is 54.8 Å². The summed E-state index contributed by atoms with van der Waals surface area (Å²) in [6, 6.07) is 0. The maximum atomic E-state index is 12.5. The molecule has 0 saturated heterocycles. The molecule has 0 aliphatic carbocycles. The normalized spacial score (nSPS) is 14.4. The summed E-state index contributed by atoms with van der Waals surface area (Å²) in [7, 11) is -4.62. The van der Waals surface area contributed by atoms with Crippen molar-refractivity contribution in [2.24, 2.45) is 0 Å². The van der Waals surface area contributed by atoms with E-state index in [1.54, 1.807) is 0 Å². The topological polar surface area (TPSA) is 149 Å². The lowest BCUT2D eigenvalue weighted by atomic mass is 10.0. The molecule has 1 unspecified atom stereocenters. The highest BCUT2D eigenvalue weighted by Crippen LogP contribution is 2.43. The predicted molar refractivity (Wildman–Crippen MR) is 205 cm³/mol. The smallest absolute Gasteiger partial charge is 0.462 e. The van der Waals surface area contributed by atoms with E-state index in [1.807, 2.05) is 0 Å². The van der Waals surface area contributed by atoms with Crippen LogP contribution >= 0.6 is 7.82 Å². The third-order valence-corrected chi connectivity index (χ3v) is 9.25. The molecule has 0 heterocycles. The zero-order chi connectivity index (χ0) is 37.7. The standard InChI is InChI=1S/C40H73O10P/c1-3-5-7-9-11-13-15-17-18-20-22-24-26-28-30-32-40(44)50-38(36-49-51(45,46)48-34-37(42)33-41)35-47-39(43)31-29-27-25-23-21-19-16-14-12-10-8-6-4-2/h11,13,17-18,22,24,37-38,41-42H,3-10,12,14-16,19-21,23,25-36H2,1-2H3,(H,45,46)/b13-11+,18-17+,24-22+/t37-,38+/m0/s1. The van der Waals surface area contributed by atoms with Crippen molar-refractivity contribution in [3.05, 3.63) is 36.5 Å². The Morgan fingerprint density at radius 1 is 0.588 bits per heavy atom. The van der Waals surface area contributed by atoms with Gasteiger partial charge in [0.15, 0.2) is 6.10 Å². The van der Waals surface area contributed by atoms with Crippen molar-refractivity contribution < 1.29 is 47.8 Å². The van der Waals surface area contributed by atoms with Gasteiger partial charge in [-0.15, -0.1) is 0 Å². The summed E-state index contributed by atoms with van der Waals surface area (Å²) in [4.78, 5) is 34.8. The molecule has 298 valence electrons. The molecule has 0 aliphatic heterocycles. The van der Waals surface area contributed by atoms with Crippen molar-refractivity contribution in [2.75, 3.05) is 26.4 Å². The summed E-state index contributed by atoms with van der Waals surface area (Å²) in [5.41, 5.74) is 0. The quantitative estimate of drug-likeness (QED) is 0.0243. The number of aliphatic hydroxyl groups excluding tert-OH is 2. The molecule has 0 spiro atoms. The number of rotatable bonds is 37. The average Bonchev–Trinajstić information content (AvgIpc) is 3.12. The molecule has 0 fully saturated rings. The lowest BCUT2D eigenvalue weighted by Gasteiger charge is -2.20. The number of ether oxygens (including phenoxy) is 2. The number of allylic oxidation sites excluding steroid dienone is 6. The minimum absolute atomic E-state index is 0.137. The van der Waals surface area contributed by atoms with Crippen LogP contribution in [0.25, 0.3) is 0 Å². The van der Waals surface area contributed by atoms with Gasteiger partial charge in [-0.05, 0) is 51.4 Å². The first-order valence-electron chi connectivity index (χ1n) is 19.9. The van der Waals surface area contributed by atoms with Gasteiger partial charge < -0.3 is 24.6 Å². The SMILES string of the molecule is CCCCC/C=C/C/C=C/C/C=C/CCCCC(=O)O[C@H](COC(=O)CCCCCCCCCCCCCCC)COP(=O)(O)OC[C@@H](O)CO. The Hall–Kier alpha value is -1.81. The van der Waals surface area contributed by atoms with Gasteiger partial charge in [0, 0.05) is 12.8 Å². The van der Waals surface area contributed by atoms with Crippen LogP contribution in [0, 0.1) is 0 Å². The summed E-state index contributed by atoms with van der Waals surface area (Å²) in [5, 5.41) is 18.3. The first-order chi connectivity index (χ1) is 24.7. The second kappa shape index (κ2) is 36.5. The molecule has 0 aromatic carbocycles. The summed E-state index contributed by atoms with van der Waals surface area (Å²) in [6.07, 6.45) is 35.4. The Kier molecular flexibility index (Phi) is 35.2. The van der Waals surface area contributed by atoms with Gasteiger partial charge >= 0.3 is 19.8 Å². The fourth-order valence-electron chi connectivity index (χ4n) is 5.18. The molecule has 0 saturated carbocycles. The second-order valence-electron chi connectivity index (χ2n) is 13.3. The molecule has 0 radical (unpaired) electrons. The van der Waals surface area contributed by atoms with Crippen molar-refractivity contribution in [1.82, 2.24) is 0 Å². The van der Waals surface area contributed by atoms with E-state index in [1.165, 1.54) is 77.0 Å². The molecular weight excluding hydrogens is 671 g/mol. The maximum absolute atomic E-state index is 12.5. The number of aliphatic hydroxyl groups is 2. The lowest BCUT2D eigenvalue weighted by Crippen LogP contribution is -2.29. The van der Waals surface area contributed by atoms with Crippen molar-refractivity contribution in [1.29, 1.82) is 0 Å². The zero-order valence-corrected chi connectivity index (χ0v) is 33.0. The van der Waals surface area contributed by atoms with Crippen molar-refractivity contribution in [3.8, 4) is 0 Å². The molecule has 0 bridgehead atoms. The molecular formula is C40H73O10P. The van der Waals surface area contributed by atoms with Crippen LogP contribution in [0.1, 0.15) is 168 Å². The summed E-state index contributed by atoms with van der Waals surface area (Å²) in [5.74, 6) is -0.968. The number of hydrogen-bond acceptors (Lipinski definition) is 9. The Morgan fingerprint density at radius 3 is 1.57 bits per heavy atom. The molecule has 0 amide bonds. The van der Waals surface area contributed by atoms with E-state index in [-0.39, 0.29) is 19.4 Å². The molecule has 51 heavy (non-hydrogen) atoms. The van der Waals surface area contributed by atoms with Gasteiger partial charge in [0.25, 0.3) is 0 Å². The van der Waals surface area contributed by atoms with Crippen LogP contribution < -0.4 is 0 Å². The molecule has 3 N–H and O–H groups in total. The number of carbonyl (C=O) groups excluding carboxylic acids is 2. The average molecular weight is 745 g/mol. The van der Waals surface area contributed by atoms with Gasteiger partial charge in [0.2, 0.25) is 0 Å². The number of esters is 2. The van der Waals surface area contributed by atoms with Gasteiger partial charge in [-0.2, -0.15) is 0 Å². The predicted octanol–water partition coefficient (Wildman–Crippen LogP) is 10.00. The maximum Gasteiger partial charge on any atom is 0.472 e. The fraction of sp³-hybridized carbons (Fsp3) is 0.800. The monoisotopic (exact) mass is 744 g/mol. The summed E-state index contributed by atoms with van der Waals surface area (Å²) < 4.78 is 32.6. The highest BCUT2D eigenvalue weighted by Gasteiger charge is 2.27. The lowest BCUT2D eigenvalue weighted by molar-refractivity contribution is -0.161. The number of phosphoric acid groups is 1. The summed E-state index contributed by atoms with van der Waals surface area (Å²) in [6.45, 7) is 2.30. The van der Waals surface area contributed by atoms with Crippen molar-refractivity contribution in [3.63, 3.8) is 0 Å². The highest BCUT2D eigenvalue weighted by atomic mass is 31.2. The van der Waals surface area contributed by atoms with Crippen LogP contribution in [-0.4, -0.2) is 65.7 Å². The number of unbranched alkanes of at least 4 members (excludes halogenated alkanes) is 17. The van der Waals surface area contributed by atoms with Crippen LogP contribution in [0.5, 0.6) is 0 Å². The Bertz CT molecular complexity index is 952. The van der Waals surface area contributed by atoms with Crippen molar-refractivity contribution in [2.45, 2.75) is 180 Å². The van der Waals surface area contributed by atoms with Gasteiger partial charge in [0.1, 0.15) is 12.7 Å². The minimum Gasteiger partial charge on any atom is -0.462 e. The van der Waals surface area contributed by atoms with E-state index in [0.29, 0.717) is 12.8 Å². The second-order valence-corrected chi connectivity index (χ2v) is 14.8. The van der Waals surface area contributed by atoms with Gasteiger partial charge in [0.05, 0.1) is 19.8 Å². The van der Waals surface area contributed by atoms with Crippen molar-refractivity contribution >= 4 is 19.8 Å². The van der Waals surface area contributed by atoms with Crippen LogP contribution in [0.4, 0.5) is 0 Å².